The summed E-state index contributed by atoms with van der Waals surface area (Å²) in [6, 6.07) is 14.2. The molecule has 22 heavy (non-hydrogen) atoms. The van der Waals surface area contributed by atoms with Crippen molar-refractivity contribution in [1.29, 1.82) is 0 Å². The highest BCUT2D eigenvalue weighted by atomic mass is 35.5. The molecule has 0 amide bonds. The van der Waals surface area contributed by atoms with Gasteiger partial charge < -0.3 is 9.30 Å². The van der Waals surface area contributed by atoms with E-state index in [0.717, 1.165) is 22.6 Å². The van der Waals surface area contributed by atoms with Gasteiger partial charge in [-0.1, -0.05) is 23.7 Å². The SMILES string of the molecule is Cc1cccc(OCc2nc3cc(Cl)ccc3n2C(C)C)c1. The Hall–Kier alpha value is -2.00. The van der Waals surface area contributed by atoms with Gasteiger partial charge in [0.15, 0.2) is 0 Å². The summed E-state index contributed by atoms with van der Waals surface area (Å²) in [5, 5.41) is 0.701. The van der Waals surface area contributed by atoms with E-state index in [1.165, 1.54) is 5.56 Å². The quantitative estimate of drug-likeness (QED) is 0.665. The Kier molecular flexibility index (Phi) is 4.08. The monoisotopic (exact) mass is 314 g/mol. The summed E-state index contributed by atoms with van der Waals surface area (Å²) in [7, 11) is 0. The number of aryl methyl sites for hydroxylation is 1. The standard InChI is InChI=1S/C18H19ClN2O/c1-12(2)21-17-8-7-14(19)10-16(17)20-18(21)11-22-15-6-4-5-13(3)9-15/h4-10,12H,11H2,1-3H3. The van der Waals surface area contributed by atoms with Crippen LogP contribution in [0.1, 0.15) is 31.3 Å². The molecular formula is C18H19ClN2O. The van der Waals surface area contributed by atoms with Crippen LogP contribution < -0.4 is 4.74 Å². The zero-order valence-electron chi connectivity index (χ0n) is 13.0. The molecule has 0 aliphatic rings. The van der Waals surface area contributed by atoms with Crippen molar-refractivity contribution in [2.24, 2.45) is 0 Å². The lowest BCUT2D eigenvalue weighted by molar-refractivity contribution is 0.287. The number of imidazole rings is 1. The Balaban J connectivity index is 1.94. The van der Waals surface area contributed by atoms with Crippen molar-refractivity contribution < 1.29 is 4.74 Å². The second-order valence-corrected chi connectivity index (χ2v) is 6.17. The van der Waals surface area contributed by atoms with Crippen molar-refractivity contribution in [1.82, 2.24) is 9.55 Å². The Morgan fingerprint density at radius 1 is 1.18 bits per heavy atom. The molecule has 0 spiro atoms. The first-order valence-corrected chi connectivity index (χ1v) is 7.78. The fourth-order valence-electron chi connectivity index (χ4n) is 2.65. The number of rotatable bonds is 4. The topological polar surface area (TPSA) is 27.1 Å². The van der Waals surface area contributed by atoms with Crippen LogP contribution in [-0.2, 0) is 6.61 Å². The third-order valence-electron chi connectivity index (χ3n) is 3.60. The van der Waals surface area contributed by atoms with Crippen LogP contribution in [0.4, 0.5) is 0 Å². The fourth-order valence-corrected chi connectivity index (χ4v) is 2.82. The van der Waals surface area contributed by atoms with E-state index in [-0.39, 0.29) is 0 Å². The number of aromatic nitrogens is 2. The molecule has 114 valence electrons. The zero-order valence-corrected chi connectivity index (χ0v) is 13.8. The normalized spacial score (nSPS) is 11.3. The summed E-state index contributed by atoms with van der Waals surface area (Å²) in [5.41, 5.74) is 3.17. The first kappa shape index (κ1) is 14.9. The van der Waals surface area contributed by atoms with Crippen LogP contribution in [0.2, 0.25) is 5.02 Å². The molecule has 0 unspecified atom stereocenters. The zero-order chi connectivity index (χ0) is 15.7. The molecule has 2 aromatic carbocycles. The molecule has 0 aliphatic heterocycles. The number of ether oxygens (including phenoxy) is 1. The van der Waals surface area contributed by atoms with Gasteiger partial charge in [-0.25, -0.2) is 4.98 Å². The molecule has 0 fully saturated rings. The van der Waals surface area contributed by atoms with Gasteiger partial charge in [-0.05, 0) is 56.7 Å². The van der Waals surface area contributed by atoms with E-state index in [4.69, 9.17) is 16.3 Å². The van der Waals surface area contributed by atoms with Crippen LogP contribution in [0, 0.1) is 6.92 Å². The van der Waals surface area contributed by atoms with Gasteiger partial charge in [0, 0.05) is 11.1 Å². The maximum Gasteiger partial charge on any atom is 0.148 e. The van der Waals surface area contributed by atoms with Crippen LogP contribution in [0.3, 0.4) is 0 Å². The van der Waals surface area contributed by atoms with Gasteiger partial charge in [0.1, 0.15) is 18.2 Å². The average molecular weight is 315 g/mol. The third-order valence-corrected chi connectivity index (χ3v) is 3.83. The molecule has 0 aliphatic carbocycles. The van der Waals surface area contributed by atoms with Crippen LogP contribution in [-0.4, -0.2) is 9.55 Å². The number of hydrogen-bond acceptors (Lipinski definition) is 2. The van der Waals surface area contributed by atoms with E-state index in [2.05, 4.69) is 36.4 Å². The van der Waals surface area contributed by atoms with Crippen molar-refractivity contribution in [3.8, 4) is 5.75 Å². The number of nitrogens with zero attached hydrogens (tertiary/aromatic N) is 2. The third kappa shape index (κ3) is 2.95. The molecule has 3 rings (SSSR count). The van der Waals surface area contributed by atoms with Gasteiger partial charge in [-0.2, -0.15) is 0 Å². The van der Waals surface area contributed by atoms with Gasteiger partial charge in [-0.3, -0.25) is 0 Å². The minimum atomic E-state index is 0.308. The van der Waals surface area contributed by atoms with Gasteiger partial charge in [-0.15, -0.1) is 0 Å². The molecule has 4 heteroatoms. The van der Waals surface area contributed by atoms with Crippen molar-refractivity contribution in [3.63, 3.8) is 0 Å². The van der Waals surface area contributed by atoms with Crippen molar-refractivity contribution in [2.45, 2.75) is 33.4 Å². The first-order chi connectivity index (χ1) is 10.5. The van der Waals surface area contributed by atoms with Crippen molar-refractivity contribution in [3.05, 3.63) is 58.9 Å². The summed E-state index contributed by atoms with van der Waals surface area (Å²) in [4.78, 5) is 4.69. The number of benzene rings is 2. The molecule has 0 bridgehead atoms. The Labute approximate surface area is 135 Å². The lowest BCUT2D eigenvalue weighted by atomic mass is 10.2. The summed E-state index contributed by atoms with van der Waals surface area (Å²) in [6.45, 7) is 6.78. The maximum absolute atomic E-state index is 6.07. The number of fused-ring (bicyclic) bond motifs is 1. The largest absolute Gasteiger partial charge is 0.486 e. The van der Waals surface area contributed by atoms with E-state index in [9.17, 15) is 0 Å². The lowest BCUT2D eigenvalue weighted by Gasteiger charge is -2.14. The highest BCUT2D eigenvalue weighted by Gasteiger charge is 2.14. The maximum atomic E-state index is 6.07. The average Bonchev–Trinajstić information content (AvgIpc) is 2.82. The second kappa shape index (κ2) is 6.01. The summed E-state index contributed by atoms with van der Waals surface area (Å²) < 4.78 is 8.10. The molecule has 3 aromatic rings. The van der Waals surface area contributed by atoms with E-state index < -0.39 is 0 Å². The molecule has 0 radical (unpaired) electrons. The number of halogens is 1. The molecule has 0 saturated heterocycles. The Morgan fingerprint density at radius 3 is 2.73 bits per heavy atom. The molecule has 0 saturated carbocycles. The van der Waals surface area contributed by atoms with Gasteiger partial charge in [0.2, 0.25) is 0 Å². The molecule has 0 N–H and O–H groups in total. The predicted octanol–water partition coefficient (Wildman–Crippen LogP) is 5.16. The predicted molar refractivity (Wildman–Crippen MR) is 90.6 cm³/mol. The molecule has 3 nitrogen and oxygen atoms in total. The minimum Gasteiger partial charge on any atom is -0.486 e. The number of hydrogen-bond donors (Lipinski definition) is 0. The van der Waals surface area contributed by atoms with Crippen LogP contribution in [0.5, 0.6) is 5.75 Å². The Bertz CT molecular complexity index is 808. The van der Waals surface area contributed by atoms with Crippen LogP contribution >= 0.6 is 11.6 Å². The first-order valence-electron chi connectivity index (χ1n) is 7.40. The van der Waals surface area contributed by atoms with E-state index in [0.29, 0.717) is 17.7 Å². The molecule has 0 atom stereocenters. The van der Waals surface area contributed by atoms with Gasteiger partial charge in [0.25, 0.3) is 0 Å². The Morgan fingerprint density at radius 2 is 2.00 bits per heavy atom. The summed E-state index contributed by atoms with van der Waals surface area (Å²) in [5.74, 6) is 1.77. The van der Waals surface area contributed by atoms with Crippen LogP contribution in [0.15, 0.2) is 42.5 Å². The smallest absolute Gasteiger partial charge is 0.148 e. The van der Waals surface area contributed by atoms with E-state index >= 15 is 0 Å². The summed E-state index contributed by atoms with van der Waals surface area (Å²) >= 11 is 6.07. The highest BCUT2D eigenvalue weighted by molar-refractivity contribution is 6.31. The second-order valence-electron chi connectivity index (χ2n) is 5.73. The molecule has 1 heterocycles. The van der Waals surface area contributed by atoms with Crippen molar-refractivity contribution in [2.75, 3.05) is 0 Å². The fraction of sp³-hybridized carbons (Fsp3) is 0.278. The van der Waals surface area contributed by atoms with Crippen LogP contribution in [0.25, 0.3) is 11.0 Å². The minimum absolute atomic E-state index is 0.308. The summed E-state index contributed by atoms with van der Waals surface area (Å²) in [6.07, 6.45) is 0. The van der Waals surface area contributed by atoms with E-state index in [1.54, 1.807) is 0 Å². The molecule has 1 aromatic heterocycles. The molecular weight excluding hydrogens is 296 g/mol. The van der Waals surface area contributed by atoms with Gasteiger partial charge >= 0.3 is 0 Å². The van der Waals surface area contributed by atoms with Gasteiger partial charge in [0.05, 0.1) is 11.0 Å². The highest BCUT2D eigenvalue weighted by Crippen LogP contribution is 2.25. The van der Waals surface area contributed by atoms with E-state index in [1.807, 2.05) is 36.4 Å². The lowest BCUT2D eigenvalue weighted by Crippen LogP contribution is -2.09. The van der Waals surface area contributed by atoms with Crippen molar-refractivity contribution >= 4 is 22.6 Å².